The van der Waals surface area contributed by atoms with E-state index in [0.29, 0.717) is 5.11 Å². The first-order chi connectivity index (χ1) is 12.7. The van der Waals surface area contributed by atoms with Crippen molar-refractivity contribution < 1.29 is 0 Å². The summed E-state index contributed by atoms with van der Waals surface area (Å²) < 4.78 is 0.777. The molecule has 2 atom stereocenters. The van der Waals surface area contributed by atoms with Crippen molar-refractivity contribution in [3.05, 3.63) is 81.3 Å². The van der Waals surface area contributed by atoms with E-state index in [1.165, 1.54) is 5.56 Å². The van der Waals surface area contributed by atoms with E-state index in [1.807, 2.05) is 30.5 Å². The fraction of sp³-hybridized carbons (Fsp3) is 0.200. The molecule has 6 heteroatoms. The Bertz CT molecular complexity index is 908. The second kappa shape index (κ2) is 7.35. The molecule has 1 aromatic carbocycles. The lowest BCUT2D eigenvalue weighted by Crippen LogP contribution is -2.29. The minimum atomic E-state index is -0.0238. The molecule has 1 saturated heterocycles. The lowest BCUT2D eigenvalue weighted by molar-refractivity contribution is 0.575. The topological polar surface area (TPSA) is 28.2 Å². The number of hydrogen-bond acceptors (Lipinski definition) is 3. The van der Waals surface area contributed by atoms with Crippen LogP contribution in [0.4, 0.5) is 5.69 Å². The molecule has 4 rings (SSSR count). The largest absolute Gasteiger partial charge is 0.351 e. The predicted molar refractivity (Wildman–Crippen MR) is 113 cm³/mol. The molecule has 0 aliphatic carbocycles. The number of halogens is 1. The number of hydrogen-bond donors (Lipinski definition) is 1. The SMILES string of the molecule is CCc1ccc(N2C(=S)N[C@H](c3ccccn3)[C@H]2c2ccc(Cl)s2)cc1. The van der Waals surface area contributed by atoms with Crippen molar-refractivity contribution >= 4 is 46.0 Å². The maximum absolute atomic E-state index is 6.23. The zero-order chi connectivity index (χ0) is 18.1. The molecular formula is C20H18ClN3S2. The summed E-state index contributed by atoms with van der Waals surface area (Å²) in [5.74, 6) is 0. The summed E-state index contributed by atoms with van der Waals surface area (Å²) in [6, 6.07) is 18.6. The van der Waals surface area contributed by atoms with E-state index in [1.54, 1.807) is 11.3 Å². The number of aryl methyl sites for hydroxylation is 1. The van der Waals surface area contributed by atoms with Gasteiger partial charge >= 0.3 is 0 Å². The number of anilines is 1. The van der Waals surface area contributed by atoms with Crippen LogP contribution in [0.3, 0.4) is 0 Å². The highest BCUT2D eigenvalue weighted by molar-refractivity contribution is 7.80. The predicted octanol–water partition coefficient (Wildman–Crippen LogP) is 5.54. The maximum Gasteiger partial charge on any atom is 0.174 e. The van der Waals surface area contributed by atoms with Crippen molar-refractivity contribution in [1.82, 2.24) is 10.3 Å². The zero-order valence-corrected chi connectivity index (χ0v) is 16.6. The molecule has 1 fully saturated rings. The first-order valence-corrected chi connectivity index (χ1v) is 10.1. The monoisotopic (exact) mass is 399 g/mol. The molecule has 1 aliphatic heterocycles. The fourth-order valence-electron chi connectivity index (χ4n) is 3.30. The van der Waals surface area contributed by atoms with Gasteiger partial charge in [-0.1, -0.05) is 36.7 Å². The number of thiophene rings is 1. The van der Waals surface area contributed by atoms with Gasteiger partial charge in [-0.15, -0.1) is 11.3 Å². The Balaban J connectivity index is 1.79. The molecule has 0 unspecified atom stereocenters. The highest BCUT2D eigenvalue weighted by Gasteiger charge is 2.41. The number of pyridine rings is 1. The van der Waals surface area contributed by atoms with Crippen LogP contribution in [0.15, 0.2) is 60.8 Å². The average Bonchev–Trinajstić information content (AvgIpc) is 3.25. The van der Waals surface area contributed by atoms with Gasteiger partial charge in [-0.05, 0) is 60.6 Å². The molecule has 0 amide bonds. The highest BCUT2D eigenvalue weighted by Crippen LogP contribution is 2.44. The summed E-state index contributed by atoms with van der Waals surface area (Å²) in [6.07, 6.45) is 2.83. The molecule has 0 bridgehead atoms. The molecule has 0 spiro atoms. The number of rotatable bonds is 4. The van der Waals surface area contributed by atoms with Gasteiger partial charge in [0.05, 0.1) is 22.1 Å². The smallest absolute Gasteiger partial charge is 0.174 e. The fourth-order valence-corrected chi connectivity index (χ4v) is 4.84. The van der Waals surface area contributed by atoms with E-state index < -0.39 is 0 Å². The zero-order valence-electron chi connectivity index (χ0n) is 14.2. The van der Waals surface area contributed by atoms with Crippen molar-refractivity contribution in [2.75, 3.05) is 4.90 Å². The van der Waals surface area contributed by atoms with Crippen LogP contribution in [-0.4, -0.2) is 10.1 Å². The van der Waals surface area contributed by atoms with Gasteiger partial charge in [-0.3, -0.25) is 4.98 Å². The summed E-state index contributed by atoms with van der Waals surface area (Å²) >= 11 is 13.5. The van der Waals surface area contributed by atoms with E-state index in [-0.39, 0.29) is 12.1 Å². The molecule has 0 radical (unpaired) electrons. The van der Waals surface area contributed by atoms with E-state index in [2.05, 4.69) is 52.5 Å². The van der Waals surface area contributed by atoms with Crippen LogP contribution in [0.25, 0.3) is 0 Å². The molecule has 3 aromatic rings. The van der Waals surface area contributed by atoms with Crippen molar-refractivity contribution in [3.8, 4) is 0 Å². The third-order valence-electron chi connectivity index (χ3n) is 4.61. The van der Waals surface area contributed by atoms with Crippen molar-refractivity contribution in [1.29, 1.82) is 0 Å². The molecule has 3 nitrogen and oxygen atoms in total. The Hall–Kier alpha value is -1.95. The van der Waals surface area contributed by atoms with Gasteiger partial charge in [0.15, 0.2) is 5.11 Å². The first kappa shape index (κ1) is 17.5. The third kappa shape index (κ3) is 3.22. The van der Waals surface area contributed by atoms with Crippen LogP contribution in [0.1, 0.15) is 35.1 Å². The van der Waals surface area contributed by atoms with Gasteiger partial charge < -0.3 is 10.2 Å². The van der Waals surface area contributed by atoms with Gasteiger partial charge in [-0.2, -0.15) is 0 Å². The Morgan fingerprint density at radius 2 is 1.96 bits per heavy atom. The van der Waals surface area contributed by atoms with Crippen LogP contribution < -0.4 is 10.2 Å². The Morgan fingerprint density at radius 3 is 2.58 bits per heavy atom. The van der Waals surface area contributed by atoms with Gasteiger partial charge in [0.25, 0.3) is 0 Å². The van der Waals surface area contributed by atoms with E-state index in [9.17, 15) is 0 Å². The number of nitrogens with zero attached hydrogens (tertiary/aromatic N) is 2. The second-order valence-corrected chi connectivity index (χ2v) is 8.29. The van der Waals surface area contributed by atoms with Crippen molar-refractivity contribution in [3.63, 3.8) is 0 Å². The molecule has 1 aliphatic rings. The van der Waals surface area contributed by atoms with Crippen molar-refractivity contribution in [2.24, 2.45) is 0 Å². The average molecular weight is 400 g/mol. The molecule has 2 aromatic heterocycles. The maximum atomic E-state index is 6.23. The number of aromatic nitrogens is 1. The van der Waals surface area contributed by atoms with Crippen LogP contribution in [0.2, 0.25) is 4.34 Å². The van der Waals surface area contributed by atoms with Crippen LogP contribution in [0, 0.1) is 0 Å². The first-order valence-electron chi connectivity index (χ1n) is 8.52. The summed E-state index contributed by atoms with van der Waals surface area (Å²) in [7, 11) is 0. The van der Waals surface area contributed by atoms with Crippen LogP contribution in [-0.2, 0) is 6.42 Å². The normalized spacial score (nSPS) is 19.6. The second-order valence-electron chi connectivity index (χ2n) is 6.16. The number of thiocarbonyl (C=S) groups is 1. The van der Waals surface area contributed by atoms with E-state index in [0.717, 1.165) is 27.0 Å². The minimum Gasteiger partial charge on any atom is -0.351 e. The van der Waals surface area contributed by atoms with Gasteiger partial charge in [-0.25, -0.2) is 0 Å². The lowest BCUT2D eigenvalue weighted by Gasteiger charge is -2.27. The van der Waals surface area contributed by atoms with Gasteiger partial charge in [0, 0.05) is 16.8 Å². The third-order valence-corrected chi connectivity index (χ3v) is 6.22. The molecule has 132 valence electrons. The molecule has 3 heterocycles. The van der Waals surface area contributed by atoms with Crippen LogP contribution >= 0.6 is 35.2 Å². The lowest BCUT2D eigenvalue weighted by atomic mass is 10.0. The molecule has 0 saturated carbocycles. The molecule has 1 N–H and O–H groups in total. The standard InChI is InChI=1S/C20H18ClN3S2/c1-2-13-6-8-14(9-7-13)24-19(16-10-11-17(21)26-16)18(23-20(24)25)15-5-3-4-12-22-15/h3-12,18-19H,2H2,1H3,(H,23,25)/t18-,19-/m1/s1. The van der Waals surface area contributed by atoms with E-state index >= 15 is 0 Å². The Labute approximate surface area is 167 Å². The Kier molecular flexibility index (Phi) is 4.94. The van der Waals surface area contributed by atoms with E-state index in [4.69, 9.17) is 23.8 Å². The van der Waals surface area contributed by atoms with Crippen molar-refractivity contribution in [2.45, 2.75) is 25.4 Å². The number of benzene rings is 1. The quantitative estimate of drug-likeness (QED) is 0.583. The number of nitrogens with one attached hydrogen (secondary N) is 1. The highest BCUT2D eigenvalue weighted by atomic mass is 35.5. The summed E-state index contributed by atoms with van der Waals surface area (Å²) in [5.41, 5.74) is 3.36. The molecular weight excluding hydrogens is 382 g/mol. The summed E-state index contributed by atoms with van der Waals surface area (Å²) in [5, 5.41) is 4.17. The van der Waals surface area contributed by atoms with Gasteiger partial charge in [0.1, 0.15) is 0 Å². The molecule has 26 heavy (non-hydrogen) atoms. The summed E-state index contributed by atoms with van der Waals surface area (Å²) in [6.45, 7) is 2.16. The minimum absolute atomic E-state index is 0.0161. The van der Waals surface area contributed by atoms with Crippen LogP contribution in [0.5, 0.6) is 0 Å². The summed E-state index contributed by atoms with van der Waals surface area (Å²) in [4.78, 5) is 7.90. The van der Waals surface area contributed by atoms with Gasteiger partial charge in [0.2, 0.25) is 0 Å². The Morgan fingerprint density at radius 1 is 1.15 bits per heavy atom.